The van der Waals surface area contributed by atoms with Crippen LogP contribution in [0.5, 0.6) is 0 Å². The predicted molar refractivity (Wildman–Crippen MR) is 70.6 cm³/mol. The van der Waals surface area contributed by atoms with Crippen molar-refractivity contribution >= 4 is 12.2 Å². The van der Waals surface area contributed by atoms with Crippen molar-refractivity contribution in [1.82, 2.24) is 14.8 Å². The van der Waals surface area contributed by atoms with E-state index >= 15 is 0 Å². The van der Waals surface area contributed by atoms with Crippen molar-refractivity contribution in [2.75, 3.05) is 0 Å². The van der Waals surface area contributed by atoms with E-state index in [0.29, 0.717) is 22.7 Å². The Morgan fingerprint density at radius 1 is 1.26 bits per heavy atom. The van der Waals surface area contributed by atoms with Crippen molar-refractivity contribution < 1.29 is 8.81 Å². The molecule has 0 bridgehead atoms. The fourth-order valence-corrected chi connectivity index (χ4v) is 2.07. The van der Waals surface area contributed by atoms with Gasteiger partial charge in [-0.05, 0) is 36.5 Å². The number of aromatic amines is 1. The Morgan fingerprint density at radius 2 is 2.11 bits per heavy atom. The summed E-state index contributed by atoms with van der Waals surface area (Å²) in [5, 5.41) is 6.77. The largest absolute Gasteiger partial charge is 0.467 e. The molecule has 0 amide bonds. The van der Waals surface area contributed by atoms with Crippen molar-refractivity contribution in [3.63, 3.8) is 0 Å². The number of H-pyrrole nitrogens is 1. The molecule has 0 saturated heterocycles. The molecule has 1 aromatic carbocycles. The molecule has 0 aliphatic rings. The highest BCUT2D eigenvalue weighted by atomic mass is 32.1. The SMILES string of the molecule is Fc1ccccc1-c1n[nH]c(=S)n1Cc1ccco1. The molecule has 4 nitrogen and oxygen atoms in total. The first kappa shape index (κ1) is 11.9. The quantitative estimate of drug-likeness (QED) is 0.745. The van der Waals surface area contributed by atoms with Gasteiger partial charge in [-0.25, -0.2) is 4.39 Å². The van der Waals surface area contributed by atoms with Gasteiger partial charge < -0.3 is 4.42 Å². The van der Waals surface area contributed by atoms with E-state index in [-0.39, 0.29) is 5.82 Å². The van der Waals surface area contributed by atoms with Crippen LogP contribution in [0.4, 0.5) is 4.39 Å². The van der Waals surface area contributed by atoms with Gasteiger partial charge in [0.15, 0.2) is 10.6 Å². The maximum Gasteiger partial charge on any atom is 0.195 e. The first-order chi connectivity index (χ1) is 9.25. The molecule has 0 aliphatic carbocycles. The van der Waals surface area contributed by atoms with Crippen LogP contribution in [0.1, 0.15) is 5.76 Å². The van der Waals surface area contributed by atoms with Gasteiger partial charge in [0.05, 0.1) is 18.4 Å². The third-order valence-corrected chi connectivity index (χ3v) is 3.08. The molecule has 19 heavy (non-hydrogen) atoms. The van der Waals surface area contributed by atoms with Crippen molar-refractivity contribution in [2.24, 2.45) is 0 Å². The van der Waals surface area contributed by atoms with Crippen LogP contribution in [0.2, 0.25) is 0 Å². The summed E-state index contributed by atoms with van der Waals surface area (Å²) < 4.78 is 21.2. The minimum Gasteiger partial charge on any atom is -0.467 e. The minimum atomic E-state index is -0.336. The minimum absolute atomic E-state index is 0.336. The Bertz CT molecular complexity index is 745. The number of rotatable bonds is 3. The third kappa shape index (κ3) is 2.22. The molecule has 3 aromatic rings. The van der Waals surface area contributed by atoms with Crippen molar-refractivity contribution in [2.45, 2.75) is 6.54 Å². The predicted octanol–water partition coefficient (Wildman–Crippen LogP) is 3.39. The van der Waals surface area contributed by atoms with Crippen molar-refractivity contribution in [3.05, 3.63) is 59.0 Å². The first-order valence-corrected chi connectivity index (χ1v) is 6.09. The lowest BCUT2D eigenvalue weighted by Crippen LogP contribution is -2.02. The van der Waals surface area contributed by atoms with E-state index in [1.165, 1.54) is 6.07 Å². The molecular formula is C13H10FN3OS. The Balaban J connectivity index is 2.09. The molecule has 0 aliphatic heterocycles. The topological polar surface area (TPSA) is 46.8 Å². The average molecular weight is 275 g/mol. The molecule has 0 saturated carbocycles. The molecule has 96 valence electrons. The lowest BCUT2D eigenvalue weighted by molar-refractivity contribution is 0.492. The van der Waals surface area contributed by atoms with Crippen LogP contribution in [0.25, 0.3) is 11.4 Å². The smallest absolute Gasteiger partial charge is 0.195 e. The van der Waals surface area contributed by atoms with Crippen LogP contribution >= 0.6 is 12.2 Å². The molecule has 6 heteroatoms. The number of furan rings is 1. The molecule has 0 atom stereocenters. The fourth-order valence-electron chi connectivity index (χ4n) is 1.87. The monoisotopic (exact) mass is 275 g/mol. The third-order valence-electron chi connectivity index (χ3n) is 2.77. The second kappa shape index (κ2) is 4.81. The summed E-state index contributed by atoms with van der Waals surface area (Å²) in [6.07, 6.45) is 1.59. The summed E-state index contributed by atoms with van der Waals surface area (Å²) in [4.78, 5) is 0. The van der Waals surface area contributed by atoms with Crippen LogP contribution < -0.4 is 0 Å². The summed E-state index contributed by atoms with van der Waals surface area (Å²) in [7, 11) is 0. The van der Waals surface area contributed by atoms with Gasteiger partial charge >= 0.3 is 0 Å². The van der Waals surface area contributed by atoms with E-state index in [2.05, 4.69) is 10.2 Å². The highest BCUT2D eigenvalue weighted by molar-refractivity contribution is 7.71. The summed E-state index contributed by atoms with van der Waals surface area (Å²) in [5.41, 5.74) is 0.404. The number of benzene rings is 1. The van der Waals surface area contributed by atoms with Gasteiger partial charge in [-0.1, -0.05) is 12.1 Å². The molecule has 0 spiro atoms. The number of hydrogen-bond acceptors (Lipinski definition) is 3. The van der Waals surface area contributed by atoms with Gasteiger partial charge in [0, 0.05) is 0 Å². The molecule has 2 heterocycles. The highest BCUT2D eigenvalue weighted by Gasteiger charge is 2.13. The maximum atomic E-state index is 13.8. The Labute approximate surface area is 113 Å². The maximum absolute atomic E-state index is 13.8. The molecular weight excluding hydrogens is 265 g/mol. The molecule has 1 N–H and O–H groups in total. The Morgan fingerprint density at radius 3 is 2.84 bits per heavy atom. The molecule has 0 fully saturated rings. The van der Waals surface area contributed by atoms with E-state index in [9.17, 15) is 4.39 Å². The first-order valence-electron chi connectivity index (χ1n) is 5.68. The van der Waals surface area contributed by atoms with Crippen LogP contribution in [0.3, 0.4) is 0 Å². The van der Waals surface area contributed by atoms with Crippen LogP contribution in [-0.2, 0) is 6.54 Å². The van der Waals surface area contributed by atoms with Gasteiger partial charge in [0.25, 0.3) is 0 Å². The summed E-state index contributed by atoms with van der Waals surface area (Å²) >= 11 is 5.17. The van der Waals surface area contributed by atoms with Gasteiger partial charge in [0.1, 0.15) is 11.6 Å². The zero-order chi connectivity index (χ0) is 13.2. The highest BCUT2D eigenvalue weighted by Crippen LogP contribution is 2.21. The normalized spacial score (nSPS) is 10.8. The number of aromatic nitrogens is 3. The van der Waals surface area contributed by atoms with E-state index < -0.39 is 0 Å². The molecule has 0 unspecified atom stereocenters. The van der Waals surface area contributed by atoms with Gasteiger partial charge in [0.2, 0.25) is 0 Å². The van der Waals surface area contributed by atoms with E-state index in [4.69, 9.17) is 16.6 Å². The van der Waals surface area contributed by atoms with Gasteiger partial charge in [-0.2, -0.15) is 5.10 Å². The lowest BCUT2D eigenvalue weighted by atomic mass is 10.2. The van der Waals surface area contributed by atoms with Crippen LogP contribution in [0.15, 0.2) is 47.1 Å². The molecule has 0 radical (unpaired) electrons. The van der Waals surface area contributed by atoms with E-state index in [1.807, 2.05) is 6.07 Å². The zero-order valence-electron chi connectivity index (χ0n) is 9.84. The Hall–Kier alpha value is -2.21. The standard InChI is InChI=1S/C13H10FN3OS/c14-11-6-2-1-5-10(11)12-15-16-13(19)17(12)8-9-4-3-7-18-9/h1-7H,8H2,(H,16,19). The van der Waals surface area contributed by atoms with Crippen molar-refractivity contribution in [3.8, 4) is 11.4 Å². The number of nitrogens with one attached hydrogen (secondary N) is 1. The number of halogens is 1. The van der Waals surface area contributed by atoms with Crippen LogP contribution in [0, 0.1) is 10.6 Å². The van der Waals surface area contributed by atoms with Crippen molar-refractivity contribution in [1.29, 1.82) is 0 Å². The zero-order valence-corrected chi connectivity index (χ0v) is 10.7. The van der Waals surface area contributed by atoms with Crippen LogP contribution in [-0.4, -0.2) is 14.8 Å². The van der Waals surface area contributed by atoms with E-state index in [0.717, 1.165) is 5.76 Å². The second-order valence-corrected chi connectivity index (χ2v) is 4.38. The summed E-state index contributed by atoms with van der Waals surface area (Å²) in [6, 6.07) is 10.1. The van der Waals surface area contributed by atoms with E-state index in [1.54, 1.807) is 35.1 Å². The summed E-state index contributed by atoms with van der Waals surface area (Å²) in [6.45, 7) is 0.409. The summed E-state index contributed by atoms with van der Waals surface area (Å²) in [5.74, 6) is 0.854. The fraction of sp³-hybridized carbons (Fsp3) is 0.0769. The second-order valence-electron chi connectivity index (χ2n) is 4.00. The Kier molecular flexibility index (Phi) is 3.00. The molecule has 3 rings (SSSR count). The number of nitrogens with zero attached hydrogens (tertiary/aromatic N) is 2. The van der Waals surface area contributed by atoms with Gasteiger partial charge in [-0.3, -0.25) is 9.67 Å². The lowest BCUT2D eigenvalue weighted by Gasteiger charge is -2.05. The molecule has 2 aromatic heterocycles. The average Bonchev–Trinajstić information content (AvgIpc) is 3.03. The van der Waals surface area contributed by atoms with Gasteiger partial charge in [-0.15, -0.1) is 0 Å². The number of hydrogen-bond donors (Lipinski definition) is 1.